The number of carbonyl (C=O) groups excluding carboxylic acids is 1. The normalized spacial score (nSPS) is 11.4. The largest absolute Gasteiger partial charge is 0.322 e. The number of halogens is 3. The highest BCUT2D eigenvalue weighted by Crippen LogP contribution is 2.36. The number of hydrogen-bond acceptors (Lipinski definition) is 5. The van der Waals surface area contributed by atoms with Gasteiger partial charge in [0, 0.05) is 29.2 Å². The minimum absolute atomic E-state index is 0.0789. The van der Waals surface area contributed by atoms with Crippen LogP contribution in [0.5, 0.6) is 0 Å². The van der Waals surface area contributed by atoms with Gasteiger partial charge in [0.2, 0.25) is 0 Å². The van der Waals surface area contributed by atoms with E-state index in [2.05, 4.69) is 27.9 Å². The van der Waals surface area contributed by atoms with Crippen LogP contribution < -0.4 is 5.32 Å². The number of alkyl halides is 2. The van der Waals surface area contributed by atoms with Gasteiger partial charge in [-0.1, -0.05) is 18.2 Å². The number of hydrogen-bond donors (Lipinski definition) is 2. The Balaban J connectivity index is 1.52. The second kappa shape index (κ2) is 9.93. The highest BCUT2D eigenvalue weighted by Gasteiger charge is 2.30. The number of carbonyl (C=O) groups is 1. The zero-order valence-electron chi connectivity index (χ0n) is 20.7. The van der Waals surface area contributed by atoms with E-state index >= 15 is 0 Å². The lowest BCUT2D eigenvalue weighted by atomic mass is 10.0. The Hall–Kier alpha value is -4.62. The van der Waals surface area contributed by atoms with E-state index in [0.717, 1.165) is 6.07 Å². The van der Waals surface area contributed by atoms with Crippen LogP contribution >= 0.6 is 12.6 Å². The number of amides is 1. The first-order valence-corrected chi connectivity index (χ1v) is 12.2. The average molecular weight is 544 g/mol. The second-order valence-corrected chi connectivity index (χ2v) is 9.48. The van der Waals surface area contributed by atoms with E-state index < -0.39 is 16.7 Å². The van der Waals surface area contributed by atoms with Crippen LogP contribution in [0.4, 0.5) is 18.9 Å². The van der Waals surface area contributed by atoms with Crippen LogP contribution in [0.15, 0.2) is 73.2 Å². The quantitative estimate of drug-likeness (QED) is 0.236. The van der Waals surface area contributed by atoms with E-state index in [1.54, 1.807) is 73.2 Å². The Morgan fingerprint density at radius 1 is 1.05 bits per heavy atom. The highest BCUT2D eigenvalue weighted by molar-refractivity contribution is 7.81. The van der Waals surface area contributed by atoms with Gasteiger partial charge in [0.05, 0.1) is 45.7 Å². The van der Waals surface area contributed by atoms with Crippen molar-refractivity contribution in [1.82, 2.24) is 14.4 Å². The number of thiol groups is 1. The molecule has 1 amide bonds. The Bertz CT molecular complexity index is 1800. The molecule has 1 N–H and O–H groups in total. The van der Waals surface area contributed by atoms with Gasteiger partial charge in [0.15, 0.2) is 0 Å². The molecule has 3 aromatic heterocycles. The summed E-state index contributed by atoms with van der Waals surface area (Å²) in [6.07, 6.45) is 5.02. The van der Waals surface area contributed by atoms with Gasteiger partial charge in [0.1, 0.15) is 11.6 Å². The van der Waals surface area contributed by atoms with E-state index in [1.165, 1.54) is 12.1 Å². The Labute approximate surface area is 227 Å². The van der Waals surface area contributed by atoms with Crippen molar-refractivity contribution in [3.63, 3.8) is 0 Å². The number of anilines is 1. The lowest BCUT2D eigenvalue weighted by Crippen LogP contribution is -2.15. The van der Waals surface area contributed by atoms with Gasteiger partial charge < -0.3 is 5.32 Å². The molecule has 0 saturated heterocycles. The van der Waals surface area contributed by atoms with Crippen LogP contribution in [-0.4, -0.2) is 20.3 Å². The van der Waals surface area contributed by atoms with Gasteiger partial charge in [-0.25, -0.2) is 9.37 Å². The molecule has 0 atom stereocenters. The maximum atomic E-state index is 14.8. The Morgan fingerprint density at radius 2 is 1.82 bits per heavy atom. The molecule has 0 aliphatic heterocycles. The minimum Gasteiger partial charge on any atom is -0.322 e. The third-order valence-electron chi connectivity index (χ3n) is 6.37. The molecular formula is C29H20F3N5OS. The first-order chi connectivity index (χ1) is 18.6. The van der Waals surface area contributed by atoms with Crippen molar-refractivity contribution < 1.29 is 18.0 Å². The molecule has 0 radical (unpaired) electrons. The van der Waals surface area contributed by atoms with Crippen LogP contribution in [0.2, 0.25) is 0 Å². The topological polar surface area (TPSA) is 83.1 Å². The zero-order valence-corrected chi connectivity index (χ0v) is 21.6. The van der Waals surface area contributed by atoms with Crippen LogP contribution in [0.3, 0.4) is 0 Å². The highest BCUT2D eigenvalue weighted by atomic mass is 32.1. The Kier molecular flexibility index (Phi) is 6.62. The van der Waals surface area contributed by atoms with Crippen LogP contribution in [0.1, 0.15) is 32.7 Å². The van der Waals surface area contributed by atoms with Gasteiger partial charge in [-0.05, 0) is 55.8 Å². The van der Waals surface area contributed by atoms with Gasteiger partial charge >= 0.3 is 5.25 Å². The number of benzene rings is 2. The maximum absolute atomic E-state index is 14.8. The first kappa shape index (κ1) is 26.0. The molecule has 0 unspecified atom stereocenters. The number of fused-ring (bicyclic) bond motifs is 1. The number of nitrogens with one attached hydrogen (secondary N) is 1. The molecule has 0 aliphatic carbocycles. The fraction of sp³-hybridized carbons (Fsp3) is 0.103. The minimum atomic E-state index is -3.56. The number of nitriles is 1. The lowest BCUT2D eigenvalue weighted by Gasteiger charge is -2.14. The molecular weight excluding hydrogens is 523 g/mol. The van der Waals surface area contributed by atoms with E-state index in [-0.39, 0.29) is 22.6 Å². The van der Waals surface area contributed by atoms with Crippen molar-refractivity contribution in [3.8, 4) is 28.6 Å². The smallest absolute Gasteiger partial charge is 0.317 e. The lowest BCUT2D eigenvalue weighted by molar-refractivity contribution is 0.102. The third kappa shape index (κ3) is 4.84. The second-order valence-electron chi connectivity index (χ2n) is 8.92. The standard InChI is InChI=1S/C29H20F3N5OS/c1-16-5-3-6-22(26(16)30)27-35-15-25-21(7-4-10-37(25)27)19-11-23(17(2)34-14-19)28(38)36-20-9-8-18(13-33)24(12-20)29(31,32)39/h3-12,14-15,39H,1-2H3,(H,36,38). The predicted octanol–water partition coefficient (Wildman–Crippen LogP) is 6.92. The van der Waals surface area contributed by atoms with Gasteiger partial charge in [-0.15, -0.1) is 12.6 Å². The molecule has 5 rings (SSSR count). The number of pyridine rings is 2. The van der Waals surface area contributed by atoms with Crippen molar-refractivity contribution in [3.05, 3.63) is 107 Å². The number of aryl methyl sites for hydroxylation is 2. The monoisotopic (exact) mass is 543 g/mol. The molecule has 0 fully saturated rings. The fourth-order valence-electron chi connectivity index (χ4n) is 4.36. The molecule has 5 aromatic rings. The molecule has 0 aliphatic rings. The molecule has 0 spiro atoms. The van der Waals surface area contributed by atoms with Crippen LogP contribution in [-0.2, 0) is 5.25 Å². The summed E-state index contributed by atoms with van der Waals surface area (Å²) in [7, 11) is 0. The van der Waals surface area contributed by atoms with Crippen molar-refractivity contribution in [2.45, 2.75) is 19.1 Å². The summed E-state index contributed by atoms with van der Waals surface area (Å²) in [5, 5.41) is 8.18. The summed E-state index contributed by atoms with van der Waals surface area (Å²) in [4.78, 5) is 22.0. The Morgan fingerprint density at radius 3 is 2.56 bits per heavy atom. The predicted molar refractivity (Wildman–Crippen MR) is 145 cm³/mol. The van der Waals surface area contributed by atoms with Gasteiger partial charge in [-0.3, -0.25) is 14.2 Å². The molecule has 2 aromatic carbocycles. The number of imidazole rings is 1. The SMILES string of the molecule is Cc1cccc(-c2ncc3c(-c4cnc(C)c(C(=O)Nc5ccc(C#N)c(C(F)(F)S)c5)c4)cccn23)c1F. The molecule has 0 saturated carbocycles. The van der Waals surface area contributed by atoms with Crippen LogP contribution in [0, 0.1) is 31.0 Å². The van der Waals surface area contributed by atoms with E-state index in [0.29, 0.717) is 39.3 Å². The van der Waals surface area contributed by atoms with Gasteiger partial charge in [0.25, 0.3) is 5.91 Å². The summed E-state index contributed by atoms with van der Waals surface area (Å²) >= 11 is 3.28. The summed E-state index contributed by atoms with van der Waals surface area (Å²) in [5.41, 5.74) is 2.74. The summed E-state index contributed by atoms with van der Waals surface area (Å²) < 4.78 is 44.4. The van der Waals surface area contributed by atoms with E-state index in [4.69, 9.17) is 5.26 Å². The maximum Gasteiger partial charge on any atom is 0.317 e. The summed E-state index contributed by atoms with van der Waals surface area (Å²) in [5.74, 6) is -0.486. The van der Waals surface area contributed by atoms with Crippen molar-refractivity contribution in [2.24, 2.45) is 0 Å². The zero-order chi connectivity index (χ0) is 27.9. The number of rotatable bonds is 5. The molecule has 194 valence electrons. The molecule has 3 heterocycles. The molecule has 10 heteroatoms. The van der Waals surface area contributed by atoms with Crippen molar-refractivity contribution in [2.75, 3.05) is 5.32 Å². The molecule has 6 nitrogen and oxygen atoms in total. The summed E-state index contributed by atoms with van der Waals surface area (Å²) in [6, 6.07) is 15.7. The first-order valence-electron chi connectivity index (χ1n) is 11.7. The van der Waals surface area contributed by atoms with E-state index in [1.807, 2.05) is 6.07 Å². The molecule has 0 bridgehead atoms. The van der Waals surface area contributed by atoms with Crippen molar-refractivity contribution in [1.29, 1.82) is 5.26 Å². The third-order valence-corrected chi connectivity index (χ3v) is 6.61. The fourth-order valence-corrected chi connectivity index (χ4v) is 4.55. The number of aromatic nitrogens is 3. The summed E-state index contributed by atoms with van der Waals surface area (Å²) in [6.45, 7) is 3.34. The van der Waals surface area contributed by atoms with Crippen molar-refractivity contribution >= 4 is 29.7 Å². The van der Waals surface area contributed by atoms with Gasteiger partial charge in [-0.2, -0.15) is 14.0 Å². The van der Waals surface area contributed by atoms with E-state index in [9.17, 15) is 18.0 Å². The number of nitrogens with zero attached hydrogens (tertiary/aromatic N) is 4. The molecule has 39 heavy (non-hydrogen) atoms. The van der Waals surface area contributed by atoms with Crippen LogP contribution in [0.25, 0.3) is 28.0 Å². The average Bonchev–Trinajstić information content (AvgIpc) is 3.34.